The lowest BCUT2D eigenvalue weighted by Crippen LogP contribution is -2.45. The van der Waals surface area contributed by atoms with Gasteiger partial charge in [0.1, 0.15) is 5.75 Å². The highest BCUT2D eigenvalue weighted by molar-refractivity contribution is 7.80. The normalized spacial score (nSPS) is 15.7. The number of thiocarbonyl (C=S) groups is 1. The van der Waals surface area contributed by atoms with Crippen LogP contribution in [0.15, 0.2) is 53.7 Å². The zero-order chi connectivity index (χ0) is 21.7. The summed E-state index contributed by atoms with van der Waals surface area (Å²) < 4.78 is 16.4. The number of benzene rings is 2. The number of para-hydroxylation sites is 2. The Balaban J connectivity index is 1.97. The zero-order valence-corrected chi connectivity index (χ0v) is 18.2. The van der Waals surface area contributed by atoms with E-state index in [2.05, 4.69) is 16.0 Å². The topological polar surface area (TPSA) is 80.9 Å². The Bertz CT molecular complexity index is 990. The van der Waals surface area contributed by atoms with E-state index >= 15 is 0 Å². The molecule has 1 amide bonds. The summed E-state index contributed by atoms with van der Waals surface area (Å²) in [5.74, 6) is 1.53. The minimum atomic E-state index is -0.460. The standard InChI is InChI=1S/C22H25N3O4S/c1-5-29-16-9-7-6-8-15(16)24-21(26)19-13(2)23-22(30)25-20(19)14-10-11-17(27-3)18(12-14)28-4/h6-12,20H,5H2,1-4H3,(H,24,26)(H2,23,25,30)/t20-/m1/s1. The van der Waals surface area contributed by atoms with Crippen molar-refractivity contribution in [2.45, 2.75) is 19.9 Å². The van der Waals surface area contributed by atoms with E-state index in [0.717, 1.165) is 5.56 Å². The van der Waals surface area contributed by atoms with Gasteiger partial charge in [0.05, 0.1) is 38.1 Å². The number of rotatable bonds is 7. The molecule has 0 saturated carbocycles. The molecule has 7 nitrogen and oxygen atoms in total. The molecular formula is C22H25N3O4S. The van der Waals surface area contributed by atoms with Crippen LogP contribution in [0, 0.1) is 0 Å². The Morgan fingerprint density at radius 3 is 2.53 bits per heavy atom. The molecule has 0 aromatic heterocycles. The van der Waals surface area contributed by atoms with Crippen molar-refractivity contribution < 1.29 is 19.0 Å². The lowest BCUT2D eigenvalue weighted by atomic mass is 9.94. The van der Waals surface area contributed by atoms with Crippen LogP contribution >= 0.6 is 12.2 Å². The summed E-state index contributed by atoms with van der Waals surface area (Å²) in [6.45, 7) is 4.22. The first-order chi connectivity index (χ1) is 14.5. The van der Waals surface area contributed by atoms with Crippen molar-refractivity contribution >= 4 is 28.9 Å². The lowest BCUT2D eigenvalue weighted by molar-refractivity contribution is -0.113. The first-order valence-corrected chi connectivity index (χ1v) is 9.92. The summed E-state index contributed by atoms with van der Waals surface area (Å²) in [6, 6.07) is 12.4. The van der Waals surface area contributed by atoms with Gasteiger partial charge in [0.25, 0.3) is 5.91 Å². The second kappa shape index (κ2) is 9.49. The van der Waals surface area contributed by atoms with Crippen LogP contribution in [0.3, 0.4) is 0 Å². The Morgan fingerprint density at radius 1 is 1.10 bits per heavy atom. The van der Waals surface area contributed by atoms with Crippen molar-refractivity contribution in [1.82, 2.24) is 10.6 Å². The molecule has 0 aliphatic carbocycles. The number of hydrogen-bond donors (Lipinski definition) is 3. The fourth-order valence-corrected chi connectivity index (χ4v) is 3.59. The highest BCUT2D eigenvalue weighted by Gasteiger charge is 2.31. The van der Waals surface area contributed by atoms with E-state index in [0.29, 0.717) is 45.9 Å². The van der Waals surface area contributed by atoms with Gasteiger partial charge in [0, 0.05) is 5.70 Å². The highest BCUT2D eigenvalue weighted by atomic mass is 32.1. The fourth-order valence-electron chi connectivity index (χ4n) is 3.32. The highest BCUT2D eigenvalue weighted by Crippen LogP contribution is 2.35. The van der Waals surface area contributed by atoms with Crippen molar-refractivity contribution in [3.63, 3.8) is 0 Å². The third-order valence-corrected chi connectivity index (χ3v) is 4.91. The Hall–Kier alpha value is -3.26. The number of methoxy groups -OCH3 is 2. The molecule has 1 heterocycles. The maximum Gasteiger partial charge on any atom is 0.255 e. The molecule has 30 heavy (non-hydrogen) atoms. The van der Waals surface area contributed by atoms with Gasteiger partial charge in [-0.1, -0.05) is 18.2 Å². The minimum Gasteiger partial charge on any atom is -0.493 e. The maximum atomic E-state index is 13.3. The maximum absolute atomic E-state index is 13.3. The van der Waals surface area contributed by atoms with Crippen LogP contribution in [0.25, 0.3) is 0 Å². The first-order valence-electron chi connectivity index (χ1n) is 9.51. The van der Waals surface area contributed by atoms with E-state index in [1.165, 1.54) is 0 Å². The van der Waals surface area contributed by atoms with Crippen LogP contribution in [0.2, 0.25) is 0 Å². The fraction of sp³-hybridized carbons (Fsp3) is 0.273. The Labute approximate surface area is 181 Å². The quantitative estimate of drug-likeness (QED) is 0.583. The van der Waals surface area contributed by atoms with Gasteiger partial charge in [-0.05, 0) is 55.9 Å². The number of carbonyl (C=O) groups is 1. The van der Waals surface area contributed by atoms with Gasteiger partial charge in [0.2, 0.25) is 0 Å². The van der Waals surface area contributed by atoms with E-state index in [4.69, 9.17) is 26.4 Å². The van der Waals surface area contributed by atoms with E-state index < -0.39 is 6.04 Å². The number of hydrogen-bond acceptors (Lipinski definition) is 5. The molecular weight excluding hydrogens is 402 g/mol. The van der Waals surface area contributed by atoms with Gasteiger partial charge in [-0.15, -0.1) is 0 Å². The number of anilines is 1. The van der Waals surface area contributed by atoms with Crippen LogP contribution in [-0.4, -0.2) is 31.8 Å². The number of ether oxygens (including phenoxy) is 3. The van der Waals surface area contributed by atoms with E-state index in [1.54, 1.807) is 26.4 Å². The summed E-state index contributed by atoms with van der Waals surface area (Å²) in [5, 5.41) is 9.62. The second-order valence-corrected chi connectivity index (χ2v) is 6.98. The second-order valence-electron chi connectivity index (χ2n) is 6.57. The molecule has 0 saturated heterocycles. The largest absolute Gasteiger partial charge is 0.493 e. The van der Waals surface area contributed by atoms with E-state index in [9.17, 15) is 4.79 Å². The van der Waals surface area contributed by atoms with Crippen LogP contribution in [0.1, 0.15) is 25.5 Å². The average molecular weight is 428 g/mol. The molecule has 3 N–H and O–H groups in total. The number of carbonyl (C=O) groups excluding carboxylic acids is 1. The summed E-state index contributed by atoms with van der Waals surface area (Å²) in [6.07, 6.45) is 0. The van der Waals surface area contributed by atoms with Crippen molar-refractivity contribution in [2.75, 3.05) is 26.1 Å². The van der Waals surface area contributed by atoms with Crippen LogP contribution in [-0.2, 0) is 4.79 Å². The molecule has 0 radical (unpaired) electrons. The molecule has 2 aromatic carbocycles. The zero-order valence-electron chi connectivity index (χ0n) is 17.4. The third kappa shape index (κ3) is 4.49. The summed E-state index contributed by atoms with van der Waals surface area (Å²) in [7, 11) is 3.15. The number of allylic oxidation sites excluding steroid dienone is 1. The van der Waals surface area contributed by atoms with Crippen LogP contribution < -0.4 is 30.2 Å². The molecule has 2 aromatic rings. The van der Waals surface area contributed by atoms with Crippen LogP contribution in [0.5, 0.6) is 17.2 Å². The van der Waals surface area contributed by atoms with Gasteiger partial charge < -0.3 is 30.2 Å². The van der Waals surface area contributed by atoms with E-state index in [1.807, 2.05) is 44.2 Å². The molecule has 0 bridgehead atoms. The predicted octanol–water partition coefficient (Wildman–Crippen LogP) is 3.53. The van der Waals surface area contributed by atoms with Crippen LogP contribution in [0.4, 0.5) is 5.69 Å². The number of nitrogens with one attached hydrogen (secondary N) is 3. The van der Waals surface area contributed by atoms with Gasteiger partial charge in [-0.3, -0.25) is 4.79 Å². The molecule has 8 heteroatoms. The molecule has 1 aliphatic heterocycles. The monoisotopic (exact) mass is 427 g/mol. The minimum absolute atomic E-state index is 0.262. The van der Waals surface area contributed by atoms with Gasteiger partial charge in [-0.2, -0.15) is 0 Å². The molecule has 158 valence electrons. The SMILES string of the molecule is CCOc1ccccc1NC(=O)C1=C(C)NC(=S)N[C@@H]1c1ccc(OC)c(OC)c1. The van der Waals surface area contributed by atoms with Crippen molar-refractivity contribution in [3.8, 4) is 17.2 Å². The molecule has 1 aliphatic rings. The van der Waals surface area contributed by atoms with Gasteiger partial charge in [0.15, 0.2) is 16.6 Å². The Kier molecular flexibility index (Phi) is 6.79. The molecule has 0 unspecified atom stereocenters. The molecule has 0 spiro atoms. The molecule has 1 atom stereocenters. The molecule has 3 rings (SSSR count). The first kappa shape index (κ1) is 21.4. The van der Waals surface area contributed by atoms with Gasteiger partial charge >= 0.3 is 0 Å². The smallest absolute Gasteiger partial charge is 0.255 e. The third-order valence-electron chi connectivity index (χ3n) is 4.69. The average Bonchev–Trinajstić information content (AvgIpc) is 2.74. The number of amides is 1. The Morgan fingerprint density at radius 2 is 1.83 bits per heavy atom. The van der Waals surface area contributed by atoms with Crippen molar-refractivity contribution in [2.24, 2.45) is 0 Å². The summed E-state index contributed by atoms with van der Waals surface area (Å²) in [5.41, 5.74) is 2.61. The lowest BCUT2D eigenvalue weighted by Gasteiger charge is -2.30. The van der Waals surface area contributed by atoms with Gasteiger partial charge in [-0.25, -0.2) is 0 Å². The summed E-state index contributed by atoms with van der Waals surface area (Å²) >= 11 is 5.33. The summed E-state index contributed by atoms with van der Waals surface area (Å²) in [4.78, 5) is 13.3. The van der Waals surface area contributed by atoms with Crippen molar-refractivity contribution in [1.29, 1.82) is 0 Å². The van der Waals surface area contributed by atoms with Crippen molar-refractivity contribution in [3.05, 3.63) is 59.3 Å². The van der Waals surface area contributed by atoms with E-state index in [-0.39, 0.29) is 5.91 Å². The predicted molar refractivity (Wildman–Crippen MR) is 120 cm³/mol. The molecule has 0 fully saturated rings.